The van der Waals surface area contributed by atoms with Crippen LogP contribution in [0, 0.1) is 6.92 Å². The fourth-order valence-corrected chi connectivity index (χ4v) is 2.17. The Morgan fingerprint density at radius 2 is 1.43 bits per heavy atom. The van der Waals surface area contributed by atoms with E-state index >= 15 is 0 Å². The Hall–Kier alpha value is -2.95. The van der Waals surface area contributed by atoms with Crippen molar-refractivity contribution in [1.82, 2.24) is 15.4 Å². The van der Waals surface area contributed by atoms with Crippen molar-refractivity contribution in [1.29, 1.82) is 0 Å². The lowest BCUT2D eigenvalue weighted by atomic mass is 10.0. The van der Waals surface area contributed by atoms with Gasteiger partial charge in [-0.3, -0.25) is 4.79 Å². The summed E-state index contributed by atoms with van der Waals surface area (Å²) < 4.78 is 0. The second-order valence-corrected chi connectivity index (χ2v) is 4.83. The molecule has 0 aliphatic rings. The predicted octanol–water partition coefficient (Wildman–Crippen LogP) is 2.55. The van der Waals surface area contributed by atoms with Crippen LogP contribution in [0.25, 0.3) is 22.4 Å². The molecule has 3 aromatic rings. The Kier molecular flexibility index (Phi) is 3.23. The van der Waals surface area contributed by atoms with Gasteiger partial charge in [-0.15, -0.1) is 0 Å². The summed E-state index contributed by atoms with van der Waals surface area (Å²) in [7, 11) is 0. The Balaban J connectivity index is 1.95. The maximum atomic E-state index is 11.3. The second kappa shape index (κ2) is 5.20. The smallest absolute Gasteiger partial charge is 0.271 e. The maximum absolute atomic E-state index is 11.3. The summed E-state index contributed by atoms with van der Waals surface area (Å²) in [5.41, 5.74) is 10.2. The number of carbonyl (C=O) groups is 1. The van der Waals surface area contributed by atoms with Gasteiger partial charge >= 0.3 is 0 Å². The second-order valence-electron chi connectivity index (χ2n) is 4.83. The molecule has 104 valence electrons. The van der Waals surface area contributed by atoms with E-state index in [4.69, 9.17) is 5.73 Å². The van der Waals surface area contributed by atoms with Crippen molar-refractivity contribution < 1.29 is 4.79 Å². The highest BCUT2D eigenvalue weighted by molar-refractivity contribution is 5.96. The molecule has 3 N–H and O–H groups in total. The van der Waals surface area contributed by atoms with Gasteiger partial charge in [0.25, 0.3) is 5.91 Å². The van der Waals surface area contributed by atoms with Gasteiger partial charge in [-0.05, 0) is 18.1 Å². The molecule has 2 aromatic carbocycles. The van der Waals surface area contributed by atoms with E-state index in [1.54, 1.807) is 0 Å². The number of primary amides is 1. The molecule has 0 bridgehead atoms. The van der Waals surface area contributed by atoms with E-state index in [1.807, 2.05) is 24.3 Å². The minimum Gasteiger partial charge on any atom is -0.364 e. The number of H-pyrrole nitrogens is 1. The third-order valence-electron chi connectivity index (χ3n) is 3.32. The molecule has 0 aliphatic carbocycles. The number of amides is 1. The minimum absolute atomic E-state index is 0.151. The molecule has 1 heterocycles. The predicted molar refractivity (Wildman–Crippen MR) is 80.5 cm³/mol. The number of nitrogens with one attached hydrogen (secondary N) is 1. The average Bonchev–Trinajstić information content (AvgIpc) is 2.98. The standard InChI is InChI=1S/C16H14N4O/c1-10-2-4-11(5-3-10)12-6-8-13(9-7-12)14-15(16(17)21)19-20-18-14/h2-9H,1H3,(H2,17,21)(H,18,19,20). The van der Waals surface area contributed by atoms with Crippen LogP contribution >= 0.6 is 0 Å². The fraction of sp³-hybridized carbons (Fsp3) is 0.0625. The van der Waals surface area contributed by atoms with Crippen LogP contribution in [0.15, 0.2) is 48.5 Å². The first-order chi connectivity index (χ1) is 10.1. The number of benzene rings is 2. The number of nitrogens with zero attached hydrogens (tertiary/aromatic N) is 2. The van der Waals surface area contributed by atoms with Gasteiger partial charge in [0.1, 0.15) is 5.69 Å². The molecular formula is C16H14N4O. The van der Waals surface area contributed by atoms with Gasteiger partial charge in [-0.2, -0.15) is 15.4 Å². The summed E-state index contributed by atoms with van der Waals surface area (Å²) in [4.78, 5) is 11.3. The van der Waals surface area contributed by atoms with E-state index in [0.29, 0.717) is 5.69 Å². The molecular weight excluding hydrogens is 264 g/mol. The fourth-order valence-electron chi connectivity index (χ4n) is 2.17. The van der Waals surface area contributed by atoms with Gasteiger partial charge in [0.2, 0.25) is 0 Å². The molecule has 3 rings (SSSR count). The molecule has 1 aromatic heterocycles. The lowest BCUT2D eigenvalue weighted by Gasteiger charge is -2.04. The van der Waals surface area contributed by atoms with E-state index in [0.717, 1.165) is 16.7 Å². The highest BCUT2D eigenvalue weighted by atomic mass is 16.1. The number of nitrogens with two attached hydrogens (primary N) is 1. The molecule has 0 saturated heterocycles. The van der Waals surface area contributed by atoms with E-state index < -0.39 is 5.91 Å². The molecule has 1 amide bonds. The molecule has 5 heteroatoms. The maximum Gasteiger partial charge on any atom is 0.271 e. The van der Waals surface area contributed by atoms with Crippen molar-refractivity contribution >= 4 is 5.91 Å². The van der Waals surface area contributed by atoms with E-state index in [-0.39, 0.29) is 5.69 Å². The summed E-state index contributed by atoms with van der Waals surface area (Å²) in [6.07, 6.45) is 0. The zero-order valence-corrected chi connectivity index (χ0v) is 11.5. The van der Waals surface area contributed by atoms with Crippen molar-refractivity contribution in [2.45, 2.75) is 6.92 Å². The molecule has 0 aliphatic heterocycles. The van der Waals surface area contributed by atoms with E-state index in [1.165, 1.54) is 5.56 Å². The molecule has 0 unspecified atom stereocenters. The van der Waals surface area contributed by atoms with Crippen LogP contribution in [0.4, 0.5) is 0 Å². The quantitative estimate of drug-likeness (QED) is 0.772. The summed E-state index contributed by atoms with van der Waals surface area (Å²) >= 11 is 0. The molecule has 5 nitrogen and oxygen atoms in total. The van der Waals surface area contributed by atoms with Gasteiger partial charge < -0.3 is 5.73 Å². The minimum atomic E-state index is -0.596. The molecule has 0 spiro atoms. The van der Waals surface area contributed by atoms with Crippen LogP contribution in [0.2, 0.25) is 0 Å². The van der Waals surface area contributed by atoms with E-state index in [2.05, 4.69) is 46.6 Å². The van der Waals surface area contributed by atoms with Gasteiger partial charge in [-0.25, -0.2) is 0 Å². The number of hydrogen-bond donors (Lipinski definition) is 2. The highest BCUT2D eigenvalue weighted by Crippen LogP contribution is 2.25. The Morgan fingerprint density at radius 1 is 0.905 bits per heavy atom. The Labute approximate surface area is 121 Å². The molecule has 21 heavy (non-hydrogen) atoms. The molecule has 0 fully saturated rings. The summed E-state index contributed by atoms with van der Waals surface area (Å²) in [6.45, 7) is 2.06. The third kappa shape index (κ3) is 2.53. The first-order valence-corrected chi connectivity index (χ1v) is 6.53. The van der Waals surface area contributed by atoms with Crippen LogP contribution in [-0.4, -0.2) is 21.3 Å². The summed E-state index contributed by atoms with van der Waals surface area (Å²) in [5.74, 6) is -0.596. The van der Waals surface area contributed by atoms with E-state index in [9.17, 15) is 4.79 Å². The zero-order chi connectivity index (χ0) is 14.8. The monoisotopic (exact) mass is 278 g/mol. The Bertz CT molecular complexity index is 773. The van der Waals surface area contributed by atoms with Gasteiger partial charge in [-0.1, -0.05) is 54.1 Å². The van der Waals surface area contributed by atoms with Crippen molar-refractivity contribution in [3.63, 3.8) is 0 Å². The van der Waals surface area contributed by atoms with Crippen LogP contribution < -0.4 is 5.73 Å². The van der Waals surface area contributed by atoms with Gasteiger partial charge in [0.05, 0.1) is 0 Å². The average molecular weight is 278 g/mol. The first kappa shape index (κ1) is 13.1. The van der Waals surface area contributed by atoms with Crippen LogP contribution in [-0.2, 0) is 0 Å². The number of aromatic nitrogens is 3. The lowest BCUT2D eigenvalue weighted by molar-refractivity contribution is 0.0996. The number of aromatic amines is 1. The van der Waals surface area contributed by atoms with Gasteiger partial charge in [0, 0.05) is 5.56 Å². The summed E-state index contributed by atoms with van der Waals surface area (Å²) in [5, 5.41) is 10.2. The van der Waals surface area contributed by atoms with Crippen LogP contribution in [0.3, 0.4) is 0 Å². The molecule has 0 radical (unpaired) electrons. The Morgan fingerprint density at radius 3 is 2.00 bits per heavy atom. The van der Waals surface area contributed by atoms with Crippen molar-refractivity contribution in [2.75, 3.05) is 0 Å². The normalized spacial score (nSPS) is 10.5. The largest absolute Gasteiger partial charge is 0.364 e. The topological polar surface area (TPSA) is 84.7 Å². The van der Waals surface area contributed by atoms with Crippen LogP contribution in [0.5, 0.6) is 0 Å². The number of hydrogen-bond acceptors (Lipinski definition) is 3. The first-order valence-electron chi connectivity index (χ1n) is 6.53. The van der Waals surface area contributed by atoms with Crippen molar-refractivity contribution in [3.05, 3.63) is 59.8 Å². The van der Waals surface area contributed by atoms with Crippen molar-refractivity contribution in [3.8, 4) is 22.4 Å². The number of aryl methyl sites for hydroxylation is 1. The zero-order valence-electron chi connectivity index (χ0n) is 11.5. The van der Waals surface area contributed by atoms with Crippen molar-refractivity contribution in [2.24, 2.45) is 5.73 Å². The molecule has 0 atom stereocenters. The number of rotatable bonds is 3. The molecule has 0 saturated carbocycles. The van der Waals surface area contributed by atoms with Crippen LogP contribution in [0.1, 0.15) is 16.1 Å². The number of carbonyl (C=O) groups excluding carboxylic acids is 1. The van der Waals surface area contributed by atoms with Gasteiger partial charge in [0.15, 0.2) is 5.69 Å². The third-order valence-corrected chi connectivity index (χ3v) is 3.32. The lowest BCUT2D eigenvalue weighted by Crippen LogP contribution is -2.12. The SMILES string of the molecule is Cc1ccc(-c2ccc(-c3n[nH]nc3C(N)=O)cc2)cc1. The summed E-state index contributed by atoms with van der Waals surface area (Å²) in [6, 6.07) is 16.1. The highest BCUT2D eigenvalue weighted by Gasteiger charge is 2.14.